The molecule has 35 heavy (non-hydrogen) atoms. The van der Waals surface area contributed by atoms with E-state index in [2.05, 4.69) is 29.6 Å². The summed E-state index contributed by atoms with van der Waals surface area (Å²) in [5.41, 5.74) is 3.68. The highest BCUT2D eigenvalue weighted by Crippen LogP contribution is 2.52. The number of benzene rings is 2. The van der Waals surface area contributed by atoms with Crippen LogP contribution < -0.4 is 5.32 Å². The predicted octanol–water partition coefficient (Wildman–Crippen LogP) is 2.72. The number of fused-ring (bicyclic) bond motifs is 4. The maximum atomic E-state index is 13.4. The summed E-state index contributed by atoms with van der Waals surface area (Å²) in [7, 11) is 0. The smallest absolute Gasteiger partial charge is 0.407 e. The van der Waals surface area contributed by atoms with Crippen molar-refractivity contribution in [1.29, 1.82) is 0 Å². The summed E-state index contributed by atoms with van der Waals surface area (Å²) >= 11 is 0. The molecule has 2 aromatic rings. The first kappa shape index (κ1) is 22.1. The van der Waals surface area contributed by atoms with E-state index in [1.807, 2.05) is 24.3 Å². The SMILES string of the molecule is CC1(C(=O)N2CC3C(C2)C3C(=O)O)COCC1NC(=O)OCC1c2ccccc2-c2ccccc21. The van der Waals surface area contributed by atoms with Gasteiger partial charge in [-0.2, -0.15) is 0 Å². The number of piperidine rings is 1. The number of rotatable bonds is 5. The molecule has 0 bridgehead atoms. The van der Waals surface area contributed by atoms with Gasteiger partial charge in [0.15, 0.2) is 0 Å². The van der Waals surface area contributed by atoms with Crippen LogP contribution in [0, 0.1) is 23.2 Å². The summed E-state index contributed by atoms with van der Waals surface area (Å²) in [6.07, 6.45) is -0.573. The van der Waals surface area contributed by atoms with Gasteiger partial charge in [0.05, 0.1) is 30.6 Å². The third-order valence-electron chi connectivity index (χ3n) is 8.35. The number of nitrogens with zero attached hydrogens (tertiary/aromatic N) is 1. The molecule has 2 aliphatic heterocycles. The van der Waals surface area contributed by atoms with Gasteiger partial charge < -0.3 is 24.8 Å². The highest BCUT2D eigenvalue weighted by Gasteiger charge is 2.62. The van der Waals surface area contributed by atoms with Gasteiger partial charge in [0.25, 0.3) is 0 Å². The number of amides is 2. The molecule has 2 aromatic carbocycles. The predicted molar refractivity (Wildman–Crippen MR) is 126 cm³/mol. The molecule has 4 atom stereocenters. The molecule has 4 aliphatic rings. The van der Waals surface area contributed by atoms with E-state index >= 15 is 0 Å². The number of carboxylic acids is 1. The lowest BCUT2D eigenvalue weighted by Gasteiger charge is -2.33. The lowest BCUT2D eigenvalue weighted by Crippen LogP contribution is -2.54. The summed E-state index contributed by atoms with van der Waals surface area (Å²) in [5, 5.41) is 12.1. The molecule has 6 rings (SSSR count). The average Bonchev–Trinajstić information content (AvgIpc) is 3.14. The van der Waals surface area contributed by atoms with E-state index in [0.29, 0.717) is 13.1 Å². The molecule has 8 nitrogen and oxygen atoms in total. The Labute approximate surface area is 203 Å². The Bertz CT molecular complexity index is 1160. The minimum Gasteiger partial charge on any atom is -0.481 e. The fraction of sp³-hybridized carbons (Fsp3) is 0.444. The van der Waals surface area contributed by atoms with Crippen LogP contribution in [0.2, 0.25) is 0 Å². The molecule has 0 spiro atoms. The molecule has 3 fully saturated rings. The van der Waals surface area contributed by atoms with Crippen molar-refractivity contribution in [2.75, 3.05) is 32.9 Å². The topological polar surface area (TPSA) is 105 Å². The first-order valence-corrected chi connectivity index (χ1v) is 12.1. The fourth-order valence-electron chi connectivity index (χ4n) is 6.29. The molecule has 2 amide bonds. The number of hydrogen-bond acceptors (Lipinski definition) is 5. The van der Waals surface area contributed by atoms with E-state index in [0.717, 1.165) is 22.3 Å². The van der Waals surface area contributed by atoms with Crippen molar-refractivity contribution in [3.05, 3.63) is 59.7 Å². The highest BCUT2D eigenvalue weighted by atomic mass is 16.5. The van der Waals surface area contributed by atoms with Crippen molar-refractivity contribution in [2.45, 2.75) is 18.9 Å². The molecule has 2 aliphatic carbocycles. The lowest BCUT2D eigenvalue weighted by molar-refractivity contribution is -0.144. The van der Waals surface area contributed by atoms with Crippen molar-refractivity contribution < 1.29 is 29.0 Å². The van der Waals surface area contributed by atoms with Crippen LogP contribution >= 0.6 is 0 Å². The number of carboxylic acid groups (broad SMARTS) is 1. The second-order valence-corrected chi connectivity index (χ2v) is 10.4. The molecular formula is C27H28N2O6. The quantitative estimate of drug-likeness (QED) is 0.688. The Balaban J connectivity index is 1.09. The Morgan fingerprint density at radius 3 is 2.26 bits per heavy atom. The molecule has 0 aromatic heterocycles. The zero-order valence-electron chi connectivity index (χ0n) is 19.5. The number of ether oxygens (including phenoxy) is 2. The minimum absolute atomic E-state index is 0.0379. The number of aliphatic carboxylic acids is 1. The second kappa shape index (κ2) is 8.09. The third-order valence-corrected chi connectivity index (χ3v) is 8.35. The van der Waals surface area contributed by atoms with Gasteiger partial charge in [-0.25, -0.2) is 4.79 Å². The summed E-state index contributed by atoms with van der Waals surface area (Å²) in [5.74, 6) is -1.18. The average molecular weight is 477 g/mol. The summed E-state index contributed by atoms with van der Waals surface area (Å²) in [6, 6.07) is 15.8. The normalized spacial score (nSPS) is 30.4. The lowest BCUT2D eigenvalue weighted by atomic mass is 9.83. The number of nitrogens with one attached hydrogen (secondary N) is 1. The van der Waals surface area contributed by atoms with Crippen LogP contribution in [0.5, 0.6) is 0 Å². The highest BCUT2D eigenvalue weighted by molar-refractivity contribution is 5.86. The maximum Gasteiger partial charge on any atom is 0.407 e. The molecule has 4 unspecified atom stereocenters. The van der Waals surface area contributed by atoms with Crippen LogP contribution in [-0.4, -0.2) is 66.9 Å². The Morgan fingerprint density at radius 2 is 1.66 bits per heavy atom. The largest absolute Gasteiger partial charge is 0.481 e. The maximum absolute atomic E-state index is 13.4. The van der Waals surface area contributed by atoms with Gasteiger partial charge >= 0.3 is 12.1 Å². The van der Waals surface area contributed by atoms with Gasteiger partial charge in [-0.3, -0.25) is 9.59 Å². The van der Waals surface area contributed by atoms with Crippen molar-refractivity contribution in [1.82, 2.24) is 10.2 Å². The Kier molecular flexibility index (Phi) is 5.11. The van der Waals surface area contributed by atoms with Gasteiger partial charge in [0.1, 0.15) is 6.61 Å². The zero-order chi connectivity index (χ0) is 24.3. The van der Waals surface area contributed by atoms with E-state index < -0.39 is 23.5 Å². The first-order valence-electron chi connectivity index (χ1n) is 12.1. The molecule has 8 heteroatoms. The number of likely N-dealkylation sites (tertiary alicyclic amines) is 1. The van der Waals surface area contributed by atoms with E-state index in [-0.39, 0.29) is 49.4 Å². The number of hydrogen-bond donors (Lipinski definition) is 2. The van der Waals surface area contributed by atoms with Gasteiger partial charge in [-0.05, 0) is 41.0 Å². The van der Waals surface area contributed by atoms with E-state index in [1.165, 1.54) is 0 Å². The van der Waals surface area contributed by atoms with Crippen molar-refractivity contribution in [2.24, 2.45) is 23.2 Å². The van der Waals surface area contributed by atoms with E-state index in [9.17, 15) is 19.5 Å². The summed E-state index contributed by atoms with van der Waals surface area (Å²) in [6.45, 7) is 3.33. The minimum atomic E-state index is -0.916. The Hall–Kier alpha value is -3.39. The number of alkyl carbamates (subject to hydrolysis) is 1. The first-order chi connectivity index (χ1) is 16.9. The van der Waals surface area contributed by atoms with Crippen molar-refractivity contribution >= 4 is 18.0 Å². The van der Waals surface area contributed by atoms with E-state index in [1.54, 1.807) is 11.8 Å². The third kappa shape index (κ3) is 3.50. The molecule has 182 valence electrons. The van der Waals surface area contributed by atoms with Crippen LogP contribution in [0.25, 0.3) is 11.1 Å². The van der Waals surface area contributed by atoms with Crippen LogP contribution in [0.1, 0.15) is 24.0 Å². The molecule has 2 N–H and O–H groups in total. The second-order valence-electron chi connectivity index (χ2n) is 10.4. The fourth-order valence-corrected chi connectivity index (χ4v) is 6.29. The summed E-state index contributed by atoms with van der Waals surface area (Å²) < 4.78 is 11.3. The van der Waals surface area contributed by atoms with Crippen LogP contribution in [0.3, 0.4) is 0 Å². The van der Waals surface area contributed by atoms with E-state index in [4.69, 9.17) is 9.47 Å². The Morgan fingerprint density at radius 1 is 1.06 bits per heavy atom. The van der Waals surface area contributed by atoms with Gasteiger partial charge in [0, 0.05) is 19.0 Å². The molecular weight excluding hydrogens is 448 g/mol. The van der Waals surface area contributed by atoms with Crippen LogP contribution in [0.4, 0.5) is 4.79 Å². The van der Waals surface area contributed by atoms with Gasteiger partial charge in [0.2, 0.25) is 5.91 Å². The van der Waals surface area contributed by atoms with Crippen molar-refractivity contribution in [3.8, 4) is 11.1 Å². The standard InChI is InChI=1S/C27H28N2O6/c1-27(25(32)29-10-19-20(11-29)23(19)24(30)31)14-34-13-22(27)28-26(33)35-12-21-17-8-4-2-6-15(17)16-7-3-5-9-18(16)21/h2-9,19-23H,10-14H2,1H3,(H,28,33)(H,30,31). The van der Waals surface area contributed by atoms with Crippen LogP contribution in [0.15, 0.2) is 48.5 Å². The molecule has 2 saturated heterocycles. The molecule has 0 radical (unpaired) electrons. The monoisotopic (exact) mass is 476 g/mol. The number of carbonyl (C=O) groups excluding carboxylic acids is 2. The molecule has 2 heterocycles. The molecule has 1 saturated carbocycles. The van der Waals surface area contributed by atoms with Gasteiger partial charge in [-0.1, -0.05) is 48.5 Å². The number of carbonyl (C=O) groups is 3. The zero-order valence-corrected chi connectivity index (χ0v) is 19.5. The van der Waals surface area contributed by atoms with Crippen LogP contribution in [-0.2, 0) is 19.1 Å². The van der Waals surface area contributed by atoms with Gasteiger partial charge in [-0.15, -0.1) is 0 Å². The van der Waals surface area contributed by atoms with Crippen molar-refractivity contribution in [3.63, 3.8) is 0 Å². The summed E-state index contributed by atoms with van der Waals surface area (Å²) in [4.78, 5) is 39.1.